The van der Waals surface area contributed by atoms with Crippen LogP contribution in [0.2, 0.25) is 0 Å². The van der Waals surface area contributed by atoms with E-state index in [-0.39, 0.29) is 18.1 Å². The zero-order valence-electron chi connectivity index (χ0n) is 8.92. The Hall–Kier alpha value is -2.16. The van der Waals surface area contributed by atoms with E-state index in [0.717, 1.165) is 0 Å². The van der Waals surface area contributed by atoms with E-state index >= 15 is 0 Å². The monoisotopic (exact) mass is 217 g/mol. The molecule has 1 aromatic heterocycles. The first-order valence-corrected chi connectivity index (χ1v) is 4.92. The predicted molar refractivity (Wildman–Crippen MR) is 56.6 cm³/mol. The highest BCUT2D eigenvalue weighted by molar-refractivity contribution is 5.82. The number of carbonyl (C=O) groups excluding carboxylic acids is 1. The molecule has 1 aliphatic heterocycles. The van der Waals surface area contributed by atoms with Gasteiger partial charge in [-0.1, -0.05) is 0 Å². The van der Waals surface area contributed by atoms with Crippen molar-refractivity contribution in [2.45, 2.75) is 0 Å². The van der Waals surface area contributed by atoms with Crippen LogP contribution in [-0.4, -0.2) is 47.5 Å². The van der Waals surface area contributed by atoms with Crippen LogP contribution in [0.5, 0.6) is 0 Å². The number of piperazine rings is 1. The van der Waals surface area contributed by atoms with Crippen molar-refractivity contribution >= 4 is 11.7 Å². The Labute approximate surface area is 93.1 Å². The quantitative estimate of drug-likeness (QED) is 0.641. The fraction of sp³-hybridized carbons (Fsp3) is 0.400. The molecule has 0 bridgehead atoms. The standard InChI is InChI=1S/C10H11N5O/c1-14-4-5-15(7-9(14)16)10-8(6-11)12-2-3-13-10/h2-3H,4-5,7H2,1H3. The molecule has 0 aliphatic carbocycles. The average Bonchev–Trinajstić information content (AvgIpc) is 2.32. The molecule has 16 heavy (non-hydrogen) atoms. The SMILES string of the molecule is CN1CCN(c2nccnc2C#N)CC1=O. The molecule has 0 saturated carbocycles. The minimum atomic E-state index is 0.0285. The molecule has 6 heteroatoms. The number of hydrogen-bond acceptors (Lipinski definition) is 5. The van der Waals surface area contributed by atoms with Gasteiger partial charge in [0.25, 0.3) is 0 Å². The molecule has 0 radical (unpaired) electrons. The van der Waals surface area contributed by atoms with E-state index in [0.29, 0.717) is 18.9 Å². The molecule has 2 heterocycles. The largest absolute Gasteiger partial charge is 0.343 e. The number of nitrogens with zero attached hydrogens (tertiary/aromatic N) is 5. The predicted octanol–water partition coefficient (Wildman–Crippen LogP) is -0.373. The maximum Gasteiger partial charge on any atom is 0.241 e. The lowest BCUT2D eigenvalue weighted by Gasteiger charge is -2.32. The molecule has 0 spiro atoms. The smallest absolute Gasteiger partial charge is 0.241 e. The number of rotatable bonds is 1. The number of nitriles is 1. The van der Waals surface area contributed by atoms with Crippen LogP contribution in [0, 0.1) is 11.3 Å². The number of anilines is 1. The van der Waals surface area contributed by atoms with E-state index in [9.17, 15) is 4.79 Å². The molecule has 82 valence electrons. The summed E-state index contributed by atoms with van der Waals surface area (Å²) in [5.41, 5.74) is 0.264. The Kier molecular flexibility index (Phi) is 2.68. The molecule has 0 atom stereocenters. The van der Waals surface area contributed by atoms with Crippen LogP contribution in [0.4, 0.5) is 5.82 Å². The van der Waals surface area contributed by atoms with Gasteiger partial charge in [0, 0.05) is 32.5 Å². The summed E-state index contributed by atoms with van der Waals surface area (Å²) in [5, 5.41) is 8.89. The lowest BCUT2D eigenvalue weighted by molar-refractivity contribution is -0.129. The van der Waals surface area contributed by atoms with E-state index in [2.05, 4.69) is 9.97 Å². The highest BCUT2D eigenvalue weighted by atomic mass is 16.2. The molecule has 0 aromatic carbocycles. The normalized spacial score (nSPS) is 16.1. The second kappa shape index (κ2) is 4.14. The van der Waals surface area contributed by atoms with E-state index in [1.54, 1.807) is 16.8 Å². The summed E-state index contributed by atoms with van der Waals surface area (Å²) in [5.74, 6) is 0.521. The average molecular weight is 217 g/mol. The summed E-state index contributed by atoms with van der Waals surface area (Å²) in [4.78, 5) is 23.0. The van der Waals surface area contributed by atoms with E-state index < -0.39 is 0 Å². The first kappa shape index (κ1) is 10.4. The summed E-state index contributed by atoms with van der Waals surface area (Å²) in [6.45, 7) is 1.57. The number of likely N-dealkylation sites (N-methyl/N-ethyl adjacent to an activating group) is 1. The summed E-state index contributed by atoms with van der Waals surface area (Å²) < 4.78 is 0. The van der Waals surface area contributed by atoms with Crippen LogP contribution in [0.25, 0.3) is 0 Å². The van der Waals surface area contributed by atoms with Gasteiger partial charge in [0.05, 0.1) is 6.54 Å². The molecule has 2 rings (SSSR count). The van der Waals surface area contributed by atoms with E-state index in [4.69, 9.17) is 5.26 Å². The van der Waals surface area contributed by atoms with Gasteiger partial charge in [-0.2, -0.15) is 5.26 Å². The minimum Gasteiger partial charge on any atom is -0.343 e. The fourth-order valence-electron chi connectivity index (χ4n) is 1.58. The topological polar surface area (TPSA) is 73.1 Å². The zero-order chi connectivity index (χ0) is 11.5. The Morgan fingerprint density at radius 2 is 2.12 bits per heavy atom. The maximum atomic E-state index is 11.5. The van der Waals surface area contributed by atoms with Crippen molar-refractivity contribution in [2.24, 2.45) is 0 Å². The molecule has 6 nitrogen and oxygen atoms in total. The first-order chi connectivity index (χ1) is 7.72. The van der Waals surface area contributed by atoms with Crippen LogP contribution < -0.4 is 4.90 Å². The lowest BCUT2D eigenvalue weighted by Crippen LogP contribution is -2.49. The van der Waals surface area contributed by atoms with Gasteiger partial charge in [0.15, 0.2) is 11.5 Å². The highest BCUT2D eigenvalue weighted by Gasteiger charge is 2.23. The summed E-state index contributed by atoms with van der Waals surface area (Å²) >= 11 is 0. The molecule has 1 fully saturated rings. The van der Waals surface area contributed by atoms with Crippen LogP contribution in [-0.2, 0) is 4.79 Å². The van der Waals surface area contributed by atoms with Gasteiger partial charge < -0.3 is 9.80 Å². The molecule has 1 saturated heterocycles. The molecule has 0 N–H and O–H groups in total. The van der Waals surface area contributed by atoms with Gasteiger partial charge in [0.2, 0.25) is 5.91 Å². The zero-order valence-corrected chi connectivity index (χ0v) is 8.92. The van der Waals surface area contributed by atoms with Gasteiger partial charge >= 0.3 is 0 Å². The van der Waals surface area contributed by atoms with Gasteiger partial charge in [-0.05, 0) is 0 Å². The third-order valence-electron chi connectivity index (χ3n) is 2.54. The van der Waals surface area contributed by atoms with Gasteiger partial charge in [-0.25, -0.2) is 9.97 Å². The third kappa shape index (κ3) is 1.80. The van der Waals surface area contributed by atoms with Crippen molar-refractivity contribution in [3.05, 3.63) is 18.1 Å². The number of carbonyl (C=O) groups is 1. The van der Waals surface area contributed by atoms with Gasteiger partial charge in [-0.3, -0.25) is 4.79 Å². The van der Waals surface area contributed by atoms with Crippen LogP contribution in [0.15, 0.2) is 12.4 Å². The molecule has 1 aliphatic rings. The Morgan fingerprint density at radius 3 is 2.81 bits per heavy atom. The van der Waals surface area contributed by atoms with Crippen LogP contribution in [0.1, 0.15) is 5.69 Å². The summed E-state index contributed by atoms with van der Waals surface area (Å²) in [6, 6.07) is 1.98. The van der Waals surface area contributed by atoms with Crippen molar-refractivity contribution in [3.63, 3.8) is 0 Å². The third-order valence-corrected chi connectivity index (χ3v) is 2.54. The Morgan fingerprint density at radius 1 is 1.38 bits per heavy atom. The molecular weight excluding hydrogens is 206 g/mol. The summed E-state index contributed by atoms with van der Waals surface area (Å²) in [7, 11) is 1.77. The van der Waals surface area contributed by atoms with Gasteiger partial charge in [0.1, 0.15) is 6.07 Å². The van der Waals surface area contributed by atoms with E-state index in [1.165, 1.54) is 12.4 Å². The van der Waals surface area contributed by atoms with Crippen molar-refractivity contribution in [3.8, 4) is 6.07 Å². The molecule has 0 unspecified atom stereocenters. The van der Waals surface area contributed by atoms with Gasteiger partial charge in [-0.15, -0.1) is 0 Å². The minimum absolute atomic E-state index is 0.0285. The van der Waals surface area contributed by atoms with Crippen molar-refractivity contribution in [1.29, 1.82) is 5.26 Å². The Bertz CT molecular complexity index is 453. The maximum absolute atomic E-state index is 11.5. The second-order valence-corrected chi connectivity index (χ2v) is 3.58. The summed E-state index contributed by atoms with van der Waals surface area (Å²) in [6.07, 6.45) is 3.00. The number of aromatic nitrogens is 2. The first-order valence-electron chi connectivity index (χ1n) is 4.92. The van der Waals surface area contributed by atoms with Crippen LogP contribution in [0.3, 0.4) is 0 Å². The molecular formula is C10H11N5O. The molecule has 1 aromatic rings. The van der Waals surface area contributed by atoms with Crippen molar-refractivity contribution < 1.29 is 4.79 Å². The number of amides is 1. The highest BCUT2D eigenvalue weighted by Crippen LogP contribution is 2.15. The Balaban J connectivity index is 2.25. The second-order valence-electron chi connectivity index (χ2n) is 3.58. The van der Waals surface area contributed by atoms with E-state index in [1.807, 2.05) is 6.07 Å². The van der Waals surface area contributed by atoms with Crippen molar-refractivity contribution in [2.75, 3.05) is 31.6 Å². The molecule has 1 amide bonds. The van der Waals surface area contributed by atoms with Crippen LogP contribution >= 0.6 is 0 Å². The number of hydrogen-bond donors (Lipinski definition) is 0. The fourth-order valence-corrected chi connectivity index (χ4v) is 1.58. The van der Waals surface area contributed by atoms with Crippen molar-refractivity contribution in [1.82, 2.24) is 14.9 Å². The lowest BCUT2D eigenvalue weighted by atomic mass is 10.3.